The summed E-state index contributed by atoms with van der Waals surface area (Å²) in [4.78, 5) is 42.6. The van der Waals surface area contributed by atoms with E-state index in [0.29, 0.717) is 101 Å². The Morgan fingerprint density at radius 3 is 2.53 bits per heavy atom. The van der Waals surface area contributed by atoms with Crippen LogP contribution in [0.3, 0.4) is 0 Å². The zero-order valence-electron chi connectivity index (χ0n) is 40.5. The number of nitrogens with one attached hydrogen (secondary N) is 3. The van der Waals surface area contributed by atoms with E-state index in [9.17, 15) is 30.0 Å². The number of phenolic OH excluding ortho intramolecular Hbond substituents is 1. The molecule has 13 unspecified atom stereocenters. The van der Waals surface area contributed by atoms with Gasteiger partial charge in [-0.05, 0) is 127 Å². The van der Waals surface area contributed by atoms with E-state index >= 15 is 4.79 Å². The molecule has 1 spiro atoms. The molecule has 4 heterocycles. The summed E-state index contributed by atoms with van der Waals surface area (Å²) < 4.78 is 20.5. The Kier molecular flexibility index (Phi) is 15.4. The van der Waals surface area contributed by atoms with Crippen LogP contribution in [0.5, 0.6) is 11.5 Å². The maximum Gasteiger partial charge on any atom is 0.332 e. The molecule has 3 saturated heterocycles. The Morgan fingerprint density at radius 2 is 1.78 bits per heavy atom. The summed E-state index contributed by atoms with van der Waals surface area (Å²) in [6, 6.07) is 3.59. The van der Waals surface area contributed by atoms with Gasteiger partial charge in [0, 0.05) is 90.4 Å². The molecule has 8 aliphatic rings. The summed E-state index contributed by atoms with van der Waals surface area (Å²) in [5.41, 5.74) is -1.33. The number of piperidine rings is 2. The van der Waals surface area contributed by atoms with Gasteiger partial charge in [-0.1, -0.05) is 59.3 Å². The van der Waals surface area contributed by atoms with E-state index in [0.717, 1.165) is 56.1 Å². The second-order valence-electron chi connectivity index (χ2n) is 22.5. The molecule has 4 aliphatic heterocycles. The summed E-state index contributed by atoms with van der Waals surface area (Å²) in [6.45, 7) is 5.05. The SMILES string of the molecule is CNC1CSSCC(C)(O)CC2CC#CC3CC4c5c(ccc(O)c5OCC4C4(CO)CCCC4)C3C3(CCNCC3)C(OC(=O)C34CCCCC3CCC(=O)N4)CC(OC(C)=O)C2CCC1O. The Morgan fingerprint density at radius 1 is 1.00 bits per heavy atom. The average Bonchev–Trinajstić information content (AvgIpc) is 3.81. The molecule has 1 aromatic carbocycles. The molecule has 0 radical (unpaired) electrons. The molecule has 4 aliphatic carbocycles. The van der Waals surface area contributed by atoms with E-state index in [1.807, 2.05) is 20.0 Å². The minimum atomic E-state index is -1.17. The number of aromatic hydroxyl groups is 1. The van der Waals surface area contributed by atoms with Crippen LogP contribution in [0, 0.1) is 52.3 Å². The Bertz CT molecular complexity index is 2070. The van der Waals surface area contributed by atoms with Crippen LogP contribution in [0.2, 0.25) is 0 Å². The van der Waals surface area contributed by atoms with Crippen molar-refractivity contribution in [3.63, 3.8) is 0 Å². The highest BCUT2D eigenvalue weighted by molar-refractivity contribution is 8.76. The van der Waals surface area contributed by atoms with Crippen LogP contribution in [0.1, 0.15) is 152 Å². The molecule has 376 valence electrons. The van der Waals surface area contributed by atoms with Gasteiger partial charge in [0.05, 0.1) is 18.3 Å². The monoisotopic (exact) mass is 980 g/mol. The summed E-state index contributed by atoms with van der Waals surface area (Å²) in [5, 5.41) is 56.9. The van der Waals surface area contributed by atoms with E-state index in [-0.39, 0.29) is 77.6 Å². The molecule has 15 heteroatoms. The smallest absolute Gasteiger partial charge is 0.332 e. The first kappa shape index (κ1) is 50.2. The lowest BCUT2D eigenvalue weighted by molar-refractivity contribution is -0.183. The Labute approximate surface area is 411 Å². The highest BCUT2D eigenvalue weighted by atomic mass is 33.1. The number of carbonyl (C=O) groups excluding carboxylic acids is 3. The van der Waals surface area contributed by atoms with Gasteiger partial charge in [-0.3, -0.25) is 9.59 Å². The van der Waals surface area contributed by atoms with E-state index < -0.39 is 46.8 Å². The molecule has 13 atom stereocenters. The molecule has 13 nitrogen and oxygen atoms in total. The number of esters is 2. The molecule has 2 saturated carbocycles. The fourth-order valence-electron chi connectivity index (χ4n) is 15.1. The second-order valence-corrected chi connectivity index (χ2v) is 25.0. The molecule has 68 heavy (non-hydrogen) atoms. The molecule has 1 aromatic rings. The van der Waals surface area contributed by atoms with E-state index in [2.05, 4.69) is 27.8 Å². The van der Waals surface area contributed by atoms with Crippen LogP contribution in [0.15, 0.2) is 12.1 Å². The number of aliphatic hydroxyl groups is 3. The van der Waals surface area contributed by atoms with Gasteiger partial charge >= 0.3 is 11.9 Å². The number of fused-ring (bicyclic) bond motifs is 5. The van der Waals surface area contributed by atoms with Crippen molar-refractivity contribution >= 4 is 39.4 Å². The van der Waals surface area contributed by atoms with Crippen LogP contribution in [-0.4, -0.2) is 119 Å². The standard InChI is InChI=1S/C53H77N3O10S2/c1-32(58)65-43-26-44(66-49(62)53-20-5-4-11-35(53)12-17-45(61)56-53)52(21-23-55-24-22-52)47-33(9-8-10-34-27-50(2,63)31-68-67-29-40(54-3)41(59)15-13-36(34)43)25-38-39(51(30-57)18-6-7-19-51)28-64-48-42(60)16-14-37(47)46(38)48/h14,16,33-36,38-41,43-44,47,54-55,57,59-60,63H,4-7,10-13,15,17-31H2,1-3H3,(H,56,61). The lowest BCUT2D eigenvalue weighted by Gasteiger charge is -2.56. The topological polar surface area (TPSA) is 196 Å². The summed E-state index contributed by atoms with van der Waals surface area (Å²) in [6.07, 6.45) is 9.49. The minimum Gasteiger partial charge on any atom is -0.504 e. The van der Waals surface area contributed by atoms with Crippen molar-refractivity contribution < 1.29 is 49.0 Å². The second kappa shape index (κ2) is 20.8. The van der Waals surface area contributed by atoms with Crippen molar-refractivity contribution in [2.45, 2.75) is 177 Å². The highest BCUT2D eigenvalue weighted by Gasteiger charge is 2.60. The molecule has 5 fully saturated rings. The van der Waals surface area contributed by atoms with Crippen LogP contribution in [0.25, 0.3) is 0 Å². The number of hydrogen-bond acceptors (Lipinski definition) is 14. The minimum absolute atomic E-state index is 0.00111. The van der Waals surface area contributed by atoms with Gasteiger partial charge in [0.1, 0.15) is 17.7 Å². The van der Waals surface area contributed by atoms with E-state index in [4.69, 9.17) is 14.2 Å². The van der Waals surface area contributed by atoms with Gasteiger partial charge in [-0.25, -0.2) is 4.79 Å². The number of likely N-dealkylation sites (N-methyl/N-ethyl adjacent to an activating group) is 1. The van der Waals surface area contributed by atoms with Gasteiger partial charge in [-0.2, -0.15) is 0 Å². The predicted octanol–water partition coefficient (Wildman–Crippen LogP) is 6.49. The third kappa shape index (κ3) is 9.68. The summed E-state index contributed by atoms with van der Waals surface area (Å²) in [5.74, 6) is 7.08. The van der Waals surface area contributed by atoms with Crippen molar-refractivity contribution in [1.82, 2.24) is 16.0 Å². The molecule has 9 rings (SSSR count). The molecular formula is C53H77N3O10S2. The Balaban J connectivity index is 1.24. The number of aliphatic hydroxyl groups excluding tert-OH is 2. The van der Waals surface area contributed by atoms with Gasteiger partial charge in [0.25, 0.3) is 0 Å². The maximum absolute atomic E-state index is 15.6. The van der Waals surface area contributed by atoms with Crippen LogP contribution >= 0.6 is 21.6 Å². The number of rotatable bonds is 6. The first-order valence-corrected chi connectivity index (χ1v) is 28.5. The number of phenols is 1. The van der Waals surface area contributed by atoms with Crippen LogP contribution in [-0.2, 0) is 23.9 Å². The lowest BCUT2D eigenvalue weighted by Crippen LogP contribution is -2.65. The third-order valence-electron chi connectivity index (χ3n) is 18.5. The number of carbonyl (C=O) groups is 3. The van der Waals surface area contributed by atoms with Crippen molar-refractivity contribution in [2.24, 2.45) is 40.4 Å². The fraction of sp³-hybridized carbons (Fsp3) is 0.792. The molecule has 1 amide bonds. The zero-order chi connectivity index (χ0) is 47.8. The average molecular weight is 980 g/mol. The maximum atomic E-state index is 15.6. The van der Waals surface area contributed by atoms with Crippen molar-refractivity contribution in [2.75, 3.05) is 44.9 Å². The third-order valence-corrected chi connectivity index (χ3v) is 21.2. The molecular weight excluding hydrogens is 903 g/mol. The van der Waals surface area contributed by atoms with Crippen molar-refractivity contribution in [1.29, 1.82) is 0 Å². The number of amides is 1. The highest BCUT2D eigenvalue weighted by Crippen LogP contribution is 2.65. The molecule has 0 aromatic heterocycles. The quantitative estimate of drug-likeness (QED) is 0.0929. The number of ether oxygens (including phenoxy) is 3. The van der Waals surface area contributed by atoms with Gasteiger partial charge in [-0.15, -0.1) is 5.92 Å². The van der Waals surface area contributed by atoms with Crippen LogP contribution in [0.4, 0.5) is 0 Å². The van der Waals surface area contributed by atoms with E-state index in [1.165, 1.54) is 6.92 Å². The van der Waals surface area contributed by atoms with Gasteiger partial charge < -0.3 is 50.6 Å². The molecule has 7 N–H and O–H groups in total. The predicted molar refractivity (Wildman–Crippen MR) is 263 cm³/mol. The lowest BCUT2D eigenvalue weighted by atomic mass is 9.51. The van der Waals surface area contributed by atoms with Gasteiger partial charge in [0.2, 0.25) is 5.91 Å². The summed E-state index contributed by atoms with van der Waals surface area (Å²) >= 11 is 0. The summed E-state index contributed by atoms with van der Waals surface area (Å²) in [7, 11) is 5.09. The van der Waals surface area contributed by atoms with E-state index in [1.54, 1.807) is 27.7 Å². The van der Waals surface area contributed by atoms with Gasteiger partial charge in [0.15, 0.2) is 11.5 Å². The Hall–Kier alpha value is -2.71. The largest absolute Gasteiger partial charge is 0.504 e. The number of benzene rings is 1. The van der Waals surface area contributed by atoms with Crippen molar-refractivity contribution in [3.05, 3.63) is 23.3 Å². The van der Waals surface area contributed by atoms with Crippen LogP contribution < -0.4 is 20.7 Å². The normalized spacial score (nSPS) is 39.1. The first-order chi connectivity index (χ1) is 32.7. The fourth-order valence-corrected chi connectivity index (χ4v) is 17.9. The molecule has 0 bridgehead atoms. The number of hydrogen-bond donors (Lipinski definition) is 7. The zero-order valence-corrected chi connectivity index (χ0v) is 42.2. The van der Waals surface area contributed by atoms with Crippen molar-refractivity contribution in [3.8, 4) is 23.3 Å². The first-order valence-electron chi connectivity index (χ1n) is 26.0.